The number of nitrogens with one attached hydrogen (secondary N) is 1. The predicted molar refractivity (Wildman–Crippen MR) is 109 cm³/mol. The molecule has 7 nitrogen and oxygen atoms in total. The molecule has 2 aliphatic carbocycles. The average Bonchev–Trinajstić information content (AvgIpc) is 3.44. The van der Waals surface area contributed by atoms with Crippen LogP contribution in [0, 0.1) is 0 Å². The molecule has 4 rings (SSSR count). The van der Waals surface area contributed by atoms with E-state index >= 15 is 0 Å². The number of thiophene rings is 1. The summed E-state index contributed by atoms with van der Waals surface area (Å²) < 4.78 is 6.94. The lowest BCUT2D eigenvalue weighted by Crippen LogP contribution is -2.16. The van der Waals surface area contributed by atoms with Crippen LogP contribution in [0.15, 0.2) is 5.16 Å². The monoisotopic (exact) mass is 420 g/mol. The largest absolute Gasteiger partial charge is 0.465 e. The quantitative estimate of drug-likeness (QED) is 0.568. The molecule has 9 heteroatoms. The molecule has 150 valence electrons. The highest BCUT2D eigenvalue weighted by molar-refractivity contribution is 7.99. The van der Waals surface area contributed by atoms with Crippen molar-refractivity contribution >= 4 is 40.0 Å². The number of amides is 1. The summed E-state index contributed by atoms with van der Waals surface area (Å²) in [5.41, 5.74) is 1.56. The van der Waals surface area contributed by atoms with Crippen LogP contribution < -0.4 is 5.32 Å². The zero-order valence-electron chi connectivity index (χ0n) is 16.1. The molecule has 1 fully saturated rings. The van der Waals surface area contributed by atoms with Crippen LogP contribution in [0.2, 0.25) is 0 Å². The minimum atomic E-state index is -0.378. The number of carbonyl (C=O) groups is 2. The molecule has 2 aromatic heterocycles. The third-order valence-electron chi connectivity index (χ3n) is 5.49. The van der Waals surface area contributed by atoms with Gasteiger partial charge in [0.25, 0.3) is 0 Å². The van der Waals surface area contributed by atoms with Gasteiger partial charge in [-0.15, -0.1) is 21.5 Å². The maximum absolute atomic E-state index is 12.5. The first-order valence-corrected chi connectivity index (χ1v) is 11.4. The van der Waals surface area contributed by atoms with E-state index in [0.29, 0.717) is 16.5 Å². The molecule has 0 aliphatic heterocycles. The number of aromatic nitrogens is 3. The van der Waals surface area contributed by atoms with Gasteiger partial charge in [0.05, 0.1) is 18.4 Å². The molecule has 2 aliphatic rings. The minimum absolute atomic E-state index is 0.152. The second-order valence-electron chi connectivity index (χ2n) is 7.27. The van der Waals surface area contributed by atoms with Crippen molar-refractivity contribution in [2.45, 2.75) is 56.0 Å². The number of aryl methyl sites for hydroxylation is 1. The SMILES string of the molecule is COC(=O)c1c(NC(=O)CSc2nnc(C3CCCC3)n2C)sc2c1CCC2. The van der Waals surface area contributed by atoms with Crippen LogP contribution in [-0.4, -0.2) is 39.5 Å². The Bertz CT molecular complexity index is 899. The molecular weight excluding hydrogens is 396 g/mol. The van der Waals surface area contributed by atoms with Gasteiger partial charge in [-0.25, -0.2) is 4.79 Å². The van der Waals surface area contributed by atoms with Gasteiger partial charge in [-0.2, -0.15) is 0 Å². The molecule has 0 bridgehead atoms. The zero-order chi connectivity index (χ0) is 19.7. The lowest BCUT2D eigenvalue weighted by Gasteiger charge is -2.09. The summed E-state index contributed by atoms with van der Waals surface area (Å²) in [5, 5.41) is 12.9. The predicted octanol–water partition coefficient (Wildman–Crippen LogP) is 3.54. The molecule has 0 spiro atoms. The van der Waals surface area contributed by atoms with Crippen molar-refractivity contribution in [1.82, 2.24) is 14.8 Å². The molecule has 0 saturated heterocycles. The summed E-state index contributed by atoms with van der Waals surface area (Å²) in [7, 11) is 3.34. The number of thioether (sulfide) groups is 1. The molecule has 1 amide bonds. The van der Waals surface area contributed by atoms with Crippen molar-refractivity contribution in [2.24, 2.45) is 7.05 Å². The average molecular weight is 421 g/mol. The number of hydrogen-bond donors (Lipinski definition) is 1. The van der Waals surface area contributed by atoms with Crippen LogP contribution in [-0.2, 0) is 29.4 Å². The van der Waals surface area contributed by atoms with Crippen molar-refractivity contribution in [3.8, 4) is 0 Å². The van der Waals surface area contributed by atoms with Crippen LogP contribution in [0.4, 0.5) is 5.00 Å². The number of hydrogen-bond acceptors (Lipinski definition) is 7. The van der Waals surface area contributed by atoms with Crippen LogP contribution >= 0.6 is 23.1 Å². The number of carbonyl (C=O) groups excluding carboxylic acids is 2. The Balaban J connectivity index is 1.41. The summed E-state index contributed by atoms with van der Waals surface area (Å²) in [5.74, 6) is 1.19. The van der Waals surface area contributed by atoms with E-state index in [2.05, 4.69) is 15.5 Å². The van der Waals surface area contributed by atoms with Crippen LogP contribution in [0.3, 0.4) is 0 Å². The van der Waals surface area contributed by atoms with E-state index in [1.165, 1.54) is 47.9 Å². The fourth-order valence-corrected chi connectivity index (χ4v) is 6.11. The van der Waals surface area contributed by atoms with Gasteiger partial charge in [-0.05, 0) is 37.7 Å². The third-order valence-corrected chi connectivity index (χ3v) is 7.71. The van der Waals surface area contributed by atoms with E-state index in [9.17, 15) is 9.59 Å². The fraction of sp³-hybridized carbons (Fsp3) is 0.579. The molecule has 28 heavy (non-hydrogen) atoms. The van der Waals surface area contributed by atoms with Gasteiger partial charge in [-0.3, -0.25) is 4.79 Å². The van der Waals surface area contributed by atoms with Crippen molar-refractivity contribution < 1.29 is 14.3 Å². The highest BCUT2D eigenvalue weighted by Gasteiger charge is 2.28. The first-order chi connectivity index (χ1) is 13.6. The third kappa shape index (κ3) is 3.69. The summed E-state index contributed by atoms with van der Waals surface area (Å²) in [6, 6.07) is 0. The van der Waals surface area contributed by atoms with Crippen LogP contribution in [0.25, 0.3) is 0 Å². The van der Waals surface area contributed by atoms with Gasteiger partial charge < -0.3 is 14.6 Å². The van der Waals surface area contributed by atoms with Gasteiger partial charge in [0.15, 0.2) is 5.16 Å². The fourth-order valence-electron chi connectivity index (χ4n) is 4.09. The molecular formula is C19H24N4O3S2. The molecule has 2 aromatic rings. The van der Waals surface area contributed by atoms with E-state index in [0.717, 1.165) is 48.6 Å². The molecule has 0 aromatic carbocycles. The van der Waals surface area contributed by atoms with Gasteiger partial charge >= 0.3 is 5.97 Å². The molecule has 2 heterocycles. The first kappa shape index (κ1) is 19.4. The van der Waals surface area contributed by atoms with Gasteiger partial charge in [0.1, 0.15) is 10.8 Å². The Morgan fingerprint density at radius 2 is 2.04 bits per heavy atom. The molecule has 0 unspecified atom stereocenters. The van der Waals surface area contributed by atoms with E-state index in [1.807, 2.05) is 11.6 Å². The molecule has 1 saturated carbocycles. The highest BCUT2D eigenvalue weighted by atomic mass is 32.2. The summed E-state index contributed by atoms with van der Waals surface area (Å²) in [4.78, 5) is 25.9. The van der Waals surface area contributed by atoms with Crippen molar-refractivity contribution in [3.63, 3.8) is 0 Å². The van der Waals surface area contributed by atoms with E-state index < -0.39 is 0 Å². The zero-order valence-corrected chi connectivity index (χ0v) is 17.8. The minimum Gasteiger partial charge on any atom is -0.465 e. The number of esters is 1. The standard InChI is InChI=1S/C19H24N4O3S2/c1-23-16(11-6-3-4-7-11)21-22-19(23)27-10-14(24)20-17-15(18(25)26-2)12-8-5-9-13(12)28-17/h11H,3-10H2,1-2H3,(H,20,24). The number of anilines is 1. The van der Waals surface area contributed by atoms with Crippen LogP contribution in [0.1, 0.15) is 64.6 Å². The Morgan fingerprint density at radius 3 is 2.79 bits per heavy atom. The second kappa shape index (κ2) is 8.24. The first-order valence-electron chi connectivity index (χ1n) is 9.63. The maximum atomic E-state index is 12.5. The van der Waals surface area contributed by atoms with Crippen LogP contribution in [0.5, 0.6) is 0 Å². The maximum Gasteiger partial charge on any atom is 0.341 e. The van der Waals surface area contributed by atoms with Crippen molar-refractivity contribution in [3.05, 3.63) is 21.8 Å². The Kier molecular flexibility index (Phi) is 5.73. The topological polar surface area (TPSA) is 86.1 Å². The highest BCUT2D eigenvalue weighted by Crippen LogP contribution is 2.39. The van der Waals surface area contributed by atoms with E-state index in [1.54, 1.807) is 0 Å². The lowest BCUT2D eigenvalue weighted by atomic mass is 10.1. The number of nitrogens with zero attached hydrogens (tertiary/aromatic N) is 3. The number of rotatable bonds is 6. The number of ether oxygens (including phenoxy) is 1. The molecule has 0 atom stereocenters. The Labute approximate surface area is 172 Å². The molecule has 1 N–H and O–H groups in total. The Hall–Kier alpha value is -1.87. The summed E-state index contributed by atoms with van der Waals surface area (Å²) in [6.45, 7) is 0. The normalized spacial score (nSPS) is 16.4. The van der Waals surface area contributed by atoms with Crippen molar-refractivity contribution in [1.29, 1.82) is 0 Å². The summed E-state index contributed by atoms with van der Waals surface area (Å²) in [6.07, 6.45) is 7.68. The lowest BCUT2D eigenvalue weighted by molar-refractivity contribution is -0.113. The Morgan fingerprint density at radius 1 is 1.25 bits per heavy atom. The second-order valence-corrected chi connectivity index (χ2v) is 9.32. The van der Waals surface area contributed by atoms with Crippen molar-refractivity contribution in [2.75, 3.05) is 18.2 Å². The molecule has 0 radical (unpaired) electrons. The van der Waals surface area contributed by atoms with Gasteiger partial charge in [0, 0.05) is 17.8 Å². The van der Waals surface area contributed by atoms with Gasteiger partial charge in [0.2, 0.25) is 5.91 Å². The summed E-state index contributed by atoms with van der Waals surface area (Å²) >= 11 is 2.86. The number of methoxy groups -OCH3 is 1. The van der Waals surface area contributed by atoms with Gasteiger partial charge in [-0.1, -0.05) is 24.6 Å². The van der Waals surface area contributed by atoms with E-state index in [4.69, 9.17) is 4.74 Å². The van der Waals surface area contributed by atoms with E-state index in [-0.39, 0.29) is 17.6 Å². The smallest absolute Gasteiger partial charge is 0.341 e. The number of fused-ring (bicyclic) bond motifs is 1.